The maximum absolute atomic E-state index is 13.7. The van der Waals surface area contributed by atoms with Gasteiger partial charge in [-0.3, -0.25) is 4.31 Å². The van der Waals surface area contributed by atoms with E-state index in [-0.39, 0.29) is 28.7 Å². The topological polar surface area (TPSA) is 115 Å². The van der Waals surface area contributed by atoms with Gasteiger partial charge in [0.15, 0.2) is 17.3 Å². The van der Waals surface area contributed by atoms with Crippen LogP contribution in [0.5, 0.6) is 11.5 Å². The van der Waals surface area contributed by atoms with E-state index in [2.05, 4.69) is 0 Å². The molecule has 2 aromatic rings. The largest absolute Gasteiger partial charge is 0.493 e. The molecular formula is C22H21N3O5S. The maximum Gasteiger partial charge on any atom is 0.265 e. The van der Waals surface area contributed by atoms with E-state index in [1.165, 1.54) is 18.5 Å². The Morgan fingerprint density at radius 2 is 1.87 bits per heavy atom. The van der Waals surface area contributed by atoms with Gasteiger partial charge >= 0.3 is 0 Å². The first-order valence-electron chi connectivity index (χ1n) is 9.54. The van der Waals surface area contributed by atoms with Crippen LogP contribution in [0.2, 0.25) is 0 Å². The molecule has 0 aromatic heterocycles. The fourth-order valence-electron chi connectivity index (χ4n) is 4.02. The summed E-state index contributed by atoms with van der Waals surface area (Å²) in [4.78, 5) is -0.0222. The summed E-state index contributed by atoms with van der Waals surface area (Å²) in [7, 11) is -1.02. The number of allylic oxidation sites excluding steroid dienone is 2. The van der Waals surface area contributed by atoms with Crippen molar-refractivity contribution in [1.29, 1.82) is 5.26 Å². The van der Waals surface area contributed by atoms with Crippen molar-refractivity contribution in [3.63, 3.8) is 0 Å². The van der Waals surface area contributed by atoms with Crippen LogP contribution in [0.3, 0.4) is 0 Å². The molecule has 8 nitrogen and oxygen atoms in total. The normalized spacial score (nSPS) is 19.2. The van der Waals surface area contributed by atoms with Crippen molar-refractivity contribution in [2.24, 2.45) is 5.73 Å². The third-order valence-corrected chi connectivity index (χ3v) is 7.40. The van der Waals surface area contributed by atoms with E-state index in [1.54, 1.807) is 49.4 Å². The van der Waals surface area contributed by atoms with Crippen LogP contribution < -0.4 is 19.5 Å². The van der Waals surface area contributed by atoms with Gasteiger partial charge in [-0.15, -0.1) is 0 Å². The number of rotatable bonds is 4. The highest BCUT2D eigenvalue weighted by Crippen LogP contribution is 2.51. The third-order valence-electron chi connectivity index (χ3n) is 5.39. The van der Waals surface area contributed by atoms with Gasteiger partial charge in [0.2, 0.25) is 5.88 Å². The Hall–Kier alpha value is -3.64. The van der Waals surface area contributed by atoms with Crippen LogP contribution in [0.4, 0.5) is 5.69 Å². The highest BCUT2D eigenvalue weighted by atomic mass is 32.2. The summed E-state index contributed by atoms with van der Waals surface area (Å²) < 4.78 is 45.2. The molecule has 2 aliphatic heterocycles. The van der Waals surface area contributed by atoms with Crippen LogP contribution in [-0.4, -0.2) is 29.2 Å². The van der Waals surface area contributed by atoms with Gasteiger partial charge in [-0.25, -0.2) is 8.42 Å². The highest BCUT2D eigenvalue weighted by Gasteiger charge is 2.46. The molecule has 1 atom stereocenters. The van der Waals surface area contributed by atoms with E-state index < -0.39 is 15.9 Å². The number of benzene rings is 2. The minimum atomic E-state index is -4.01. The predicted molar refractivity (Wildman–Crippen MR) is 116 cm³/mol. The summed E-state index contributed by atoms with van der Waals surface area (Å²) in [6.45, 7) is 1.97. The molecular weight excluding hydrogens is 418 g/mol. The van der Waals surface area contributed by atoms with Gasteiger partial charge in [0.25, 0.3) is 10.0 Å². The number of ether oxygens (including phenoxy) is 3. The molecule has 2 aliphatic rings. The number of fused-ring (bicyclic) bond motifs is 2. The zero-order valence-corrected chi connectivity index (χ0v) is 18.1. The Labute approximate surface area is 180 Å². The molecule has 0 bridgehead atoms. The average Bonchev–Trinajstić information content (AvgIpc) is 2.77. The van der Waals surface area contributed by atoms with Crippen molar-refractivity contribution in [2.75, 3.05) is 25.1 Å². The van der Waals surface area contributed by atoms with Crippen molar-refractivity contribution in [3.8, 4) is 17.6 Å². The minimum absolute atomic E-state index is 0.0185. The second kappa shape index (κ2) is 7.56. The second-order valence-electron chi connectivity index (χ2n) is 6.92. The molecule has 0 saturated heterocycles. The van der Waals surface area contributed by atoms with Crippen molar-refractivity contribution < 1.29 is 22.6 Å². The van der Waals surface area contributed by atoms with E-state index in [0.717, 1.165) is 0 Å². The lowest BCUT2D eigenvalue weighted by Crippen LogP contribution is -2.39. The van der Waals surface area contributed by atoms with E-state index in [0.29, 0.717) is 28.3 Å². The standard InChI is InChI=1S/C22H21N3O5S/c1-4-25-16-8-6-5-7-14(16)20-21(31(25,26)27)19(15(12-23)22(24)30-20)13-9-10-17(28-2)18(11-13)29-3/h5-11,19H,4,24H2,1-3H3/t19-/m1/s1. The van der Waals surface area contributed by atoms with Gasteiger partial charge in [0.1, 0.15) is 16.5 Å². The molecule has 0 radical (unpaired) electrons. The molecule has 2 aromatic carbocycles. The molecule has 2 heterocycles. The smallest absolute Gasteiger partial charge is 0.265 e. The van der Waals surface area contributed by atoms with Crippen LogP contribution in [0, 0.1) is 11.3 Å². The summed E-state index contributed by atoms with van der Waals surface area (Å²) in [6, 6.07) is 14.1. The van der Waals surface area contributed by atoms with E-state index in [9.17, 15) is 13.7 Å². The molecule has 2 N–H and O–H groups in total. The SMILES string of the molecule is CCN1c2ccccc2C2=C([C@H](c3ccc(OC)c(OC)c3)C(C#N)=C(N)O2)S1(=O)=O. The summed E-state index contributed by atoms with van der Waals surface area (Å²) in [6.07, 6.45) is 0. The quantitative estimate of drug-likeness (QED) is 0.778. The molecule has 0 spiro atoms. The van der Waals surface area contributed by atoms with Gasteiger partial charge in [-0.1, -0.05) is 18.2 Å². The number of hydrogen-bond donors (Lipinski definition) is 1. The lowest BCUT2D eigenvalue weighted by Gasteiger charge is -2.37. The van der Waals surface area contributed by atoms with Crippen LogP contribution in [0.25, 0.3) is 5.76 Å². The summed E-state index contributed by atoms with van der Waals surface area (Å²) >= 11 is 0. The molecule has 0 amide bonds. The number of sulfonamides is 1. The third kappa shape index (κ3) is 2.99. The van der Waals surface area contributed by atoms with Crippen molar-refractivity contribution in [1.82, 2.24) is 0 Å². The van der Waals surface area contributed by atoms with Crippen LogP contribution >= 0.6 is 0 Å². The van der Waals surface area contributed by atoms with Gasteiger partial charge in [-0.05, 0) is 36.8 Å². The Kier molecular flexibility index (Phi) is 5.03. The van der Waals surface area contributed by atoms with Gasteiger partial charge < -0.3 is 19.9 Å². The van der Waals surface area contributed by atoms with Crippen LogP contribution in [-0.2, 0) is 14.8 Å². The van der Waals surface area contributed by atoms with Gasteiger partial charge in [-0.2, -0.15) is 5.26 Å². The van der Waals surface area contributed by atoms with E-state index in [1.807, 2.05) is 6.07 Å². The first kappa shape index (κ1) is 20.6. The molecule has 9 heteroatoms. The number of anilines is 1. The number of nitrogens with zero attached hydrogens (tertiary/aromatic N) is 2. The Balaban J connectivity index is 2.05. The Morgan fingerprint density at radius 1 is 1.16 bits per heavy atom. The zero-order valence-electron chi connectivity index (χ0n) is 17.2. The van der Waals surface area contributed by atoms with Crippen molar-refractivity contribution >= 4 is 21.5 Å². The fraction of sp³-hybridized carbons (Fsp3) is 0.227. The first-order valence-corrected chi connectivity index (χ1v) is 11.0. The molecule has 160 valence electrons. The predicted octanol–water partition coefficient (Wildman–Crippen LogP) is 3.05. The van der Waals surface area contributed by atoms with Crippen LogP contribution in [0.15, 0.2) is 58.8 Å². The van der Waals surface area contributed by atoms with E-state index >= 15 is 0 Å². The molecule has 0 unspecified atom stereocenters. The van der Waals surface area contributed by atoms with Crippen molar-refractivity contribution in [2.45, 2.75) is 12.8 Å². The zero-order chi connectivity index (χ0) is 22.3. The maximum atomic E-state index is 13.7. The summed E-state index contributed by atoms with van der Waals surface area (Å²) in [5, 5.41) is 9.84. The number of methoxy groups -OCH3 is 2. The molecule has 0 saturated carbocycles. The minimum Gasteiger partial charge on any atom is -0.493 e. The first-order chi connectivity index (χ1) is 14.9. The monoisotopic (exact) mass is 439 g/mol. The molecule has 0 fully saturated rings. The van der Waals surface area contributed by atoms with Gasteiger partial charge in [0.05, 0.1) is 25.8 Å². The fourth-order valence-corrected chi connectivity index (χ4v) is 5.95. The second-order valence-corrected chi connectivity index (χ2v) is 8.75. The summed E-state index contributed by atoms with van der Waals surface area (Å²) in [5.74, 6) is -0.0611. The molecule has 0 aliphatic carbocycles. The number of nitriles is 1. The Morgan fingerprint density at radius 3 is 2.52 bits per heavy atom. The summed E-state index contributed by atoms with van der Waals surface area (Å²) in [5.41, 5.74) is 7.74. The molecule has 31 heavy (non-hydrogen) atoms. The highest BCUT2D eigenvalue weighted by molar-refractivity contribution is 7.97. The Bertz CT molecular complexity index is 1270. The average molecular weight is 439 g/mol. The van der Waals surface area contributed by atoms with Gasteiger partial charge in [0, 0.05) is 12.1 Å². The van der Waals surface area contributed by atoms with Crippen LogP contribution in [0.1, 0.15) is 24.0 Å². The van der Waals surface area contributed by atoms with E-state index in [4.69, 9.17) is 19.9 Å². The number of para-hydroxylation sites is 1. The van der Waals surface area contributed by atoms with Crippen molar-refractivity contribution in [3.05, 3.63) is 70.0 Å². The molecule has 4 rings (SSSR count). The lowest BCUT2D eigenvalue weighted by molar-refractivity contribution is 0.352. The number of nitrogens with two attached hydrogens (primary N) is 1. The lowest BCUT2D eigenvalue weighted by atomic mass is 9.88. The number of hydrogen-bond acceptors (Lipinski definition) is 7.